The molecule has 2 saturated heterocycles. The Morgan fingerprint density at radius 3 is 2.52 bits per heavy atom. The number of alkyl carbamates (subject to hydrolysis) is 1. The van der Waals surface area contributed by atoms with E-state index in [1.54, 1.807) is 20.8 Å². The van der Waals surface area contributed by atoms with Crippen LogP contribution in [0.25, 0.3) is 0 Å². The molecule has 0 bridgehead atoms. The highest BCUT2D eigenvalue weighted by atomic mass is 16.6. The molecule has 2 atom stereocenters. The van der Waals surface area contributed by atoms with Crippen LogP contribution in [0.1, 0.15) is 40.5 Å². The number of morpholine rings is 1. The predicted octanol–water partition coefficient (Wildman–Crippen LogP) is 0.587. The molecule has 0 aromatic heterocycles. The zero-order valence-electron chi connectivity index (χ0n) is 18.2. The van der Waals surface area contributed by atoms with Crippen LogP contribution in [0, 0.1) is 5.92 Å². The SMILES string of the molecule is CC1CN(C(=O)CN2CCCC(C(=O)NCCNC(=O)OC(C)(C)C)C2)CCO1. The van der Waals surface area contributed by atoms with Gasteiger partial charge in [0.15, 0.2) is 0 Å². The second-order valence-electron chi connectivity index (χ2n) is 8.82. The van der Waals surface area contributed by atoms with Gasteiger partial charge < -0.3 is 25.0 Å². The molecule has 0 aliphatic carbocycles. The standard InChI is InChI=1S/C20H36N4O5/c1-15-12-24(10-11-28-15)17(25)14-23-9-5-6-16(13-23)18(26)21-7-8-22-19(27)29-20(2,3)4/h15-16H,5-14H2,1-4H3,(H,21,26)(H,22,27). The Morgan fingerprint density at radius 2 is 1.83 bits per heavy atom. The van der Waals surface area contributed by atoms with Gasteiger partial charge in [-0.1, -0.05) is 0 Å². The van der Waals surface area contributed by atoms with Crippen LogP contribution < -0.4 is 10.6 Å². The van der Waals surface area contributed by atoms with Crippen LogP contribution in [-0.2, 0) is 19.1 Å². The van der Waals surface area contributed by atoms with Crippen molar-refractivity contribution in [1.29, 1.82) is 0 Å². The lowest BCUT2D eigenvalue weighted by Gasteiger charge is -2.35. The van der Waals surface area contributed by atoms with Gasteiger partial charge in [-0.2, -0.15) is 0 Å². The number of amides is 3. The third kappa shape index (κ3) is 8.57. The largest absolute Gasteiger partial charge is 0.444 e. The fourth-order valence-electron chi connectivity index (χ4n) is 3.56. The Morgan fingerprint density at radius 1 is 1.10 bits per heavy atom. The van der Waals surface area contributed by atoms with E-state index in [4.69, 9.17) is 9.47 Å². The molecule has 2 aliphatic rings. The topological polar surface area (TPSA) is 100 Å². The van der Waals surface area contributed by atoms with Crippen molar-refractivity contribution in [2.24, 2.45) is 5.92 Å². The molecular formula is C20H36N4O5. The first-order valence-corrected chi connectivity index (χ1v) is 10.5. The van der Waals surface area contributed by atoms with E-state index in [1.165, 1.54) is 0 Å². The van der Waals surface area contributed by atoms with Gasteiger partial charge in [0.2, 0.25) is 11.8 Å². The number of piperidine rings is 1. The van der Waals surface area contributed by atoms with Crippen LogP contribution in [0.3, 0.4) is 0 Å². The number of nitrogens with one attached hydrogen (secondary N) is 2. The van der Waals surface area contributed by atoms with Gasteiger partial charge in [0.05, 0.1) is 25.2 Å². The summed E-state index contributed by atoms with van der Waals surface area (Å²) in [7, 11) is 0. The summed E-state index contributed by atoms with van der Waals surface area (Å²) in [6, 6.07) is 0. The highest BCUT2D eigenvalue weighted by molar-refractivity contribution is 5.80. The Labute approximate surface area is 173 Å². The van der Waals surface area contributed by atoms with Gasteiger partial charge in [0, 0.05) is 32.7 Å². The number of carbonyl (C=O) groups is 3. The van der Waals surface area contributed by atoms with Crippen molar-refractivity contribution >= 4 is 17.9 Å². The first kappa shape index (κ1) is 23.4. The van der Waals surface area contributed by atoms with Crippen LogP contribution in [0.15, 0.2) is 0 Å². The first-order valence-electron chi connectivity index (χ1n) is 10.5. The lowest BCUT2D eigenvalue weighted by atomic mass is 9.97. The van der Waals surface area contributed by atoms with Crippen molar-refractivity contribution in [3.8, 4) is 0 Å². The average molecular weight is 413 g/mol. The maximum absolute atomic E-state index is 12.5. The first-order chi connectivity index (χ1) is 13.6. The van der Waals surface area contributed by atoms with E-state index in [0.717, 1.165) is 19.4 Å². The maximum atomic E-state index is 12.5. The number of hydrogen-bond donors (Lipinski definition) is 2. The van der Waals surface area contributed by atoms with Crippen LogP contribution in [0.4, 0.5) is 4.79 Å². The van der Waals surface area contributed by atoms with Crippen molar-refractivity contribution < 1.29 is 23.9 Å². The summed E-state index contributed by atoms with van der Waals surface area (Å²) >= 11 is 0. The van der Waals surface area contributed by atoms with E-state index >= 15 is 0 Å². The molecule has 2 aliphatic heterocycles. The average Bonchev–Trinajstić information content (AvgIpc) is 2.64. The number of nitrogens with zero attached hydrogens (tertiary/aromatic N) is 2. The lowest BCUT2D eigenvalue weighted by Crippen LogP contribution is -2.51. The fraction of sp³-hybridized carbons (Fsp3) is 0.850. The number of rotatable bonds is 6. The quantitative estimate of drug-likeness (QED) is 0.620. The molecule has 2 rings (SSSR count). The van der Waals surface area contributed by atoms with E-state index in [0.29, 0.717) is 45.9 Å². The fourth-order valence-corrected chi connectivity index (χ4v) is 3.56. The summed E-state index contributed by atoms with van der Waals surface area (Å²) in [5.41, 5.74) is -0.546. The third-order valence-corrected chi connectivity index (χ3v) is 4.92. The molecule has 9 heteroatoms. The number of ether oxygens (including phenoxy) is 2. The van der Waals surface area contributed by atoms with E-state index in [1.807, 2.05) is 11.8 Å². The van der Waals surface area contributed by atoms with Gasteiger partial charge in [0.1, 0.15) is 5.60 Å². The Bertz CT molecular complexity index is 578. The number of carbonyl (C=O) groups excluding carboxylic acids is 3. The Kier molecular flexibility index (Phi) is 8.70. The lowest BCUT2D eigenvalue weighted by molar-refractivity contribution is -0.140. The summed E-state index contributed by atoms with van der Waals surface area (Å²) in [6.07, 6.45) is 1.28. The van der Waals surface area contributed by atoms with Crippen molar-refractivity contribution in [3.05, 3.63) is 0 Å². The summed E-state index contributed by atoms with van der Waals surface area (Å²) in [4.78, 5) is 40.5. The zero-order chi connectivity index (χ0) is 21.4. The second kappa shape index (κ2) is 10.8. The Hall–Kier alpha value is -1.87. The zero-order valence-corrected chi connectivity index (χ0v) is 18.2. The van der Waals surface area contributed by atoms with Gasteiger partial charge in [-0.3, -0.25) is 14.5 Å². The highest BCUT2D eigenvalue weighted by Crippen LogP contribution is 2.17. The molecule has 2 fully saturated rings. The monoisotopic (exact) mass is 412 g/mol. The van der Waals surface area contributed by atoms with Crippen LogP contribution in [0.5, 0.6) is 0 Å². The minimum absolute atomic E-state index is 0.0341. The van der Waals surface area contributed by atoms with E-state index < -0.39 is 11.7 Å². The molecule has 2 N–H and O–H groups in total. The van der Waals surface area contributed by atoms with Gasteiger partial charge in [0.25, 0.3) is 0 Å². The molecule has 0 aromatic rings. The molecular weight excluding hydrogens is 376 g/mol. The van der Waals surface area contributed by atoms with Gasteiger partial charge in [-0.15, -0.1) is 0 Å². The summed E-state index contributed by atoms with van der Waals surface area (Å²) < 4.78 is 10.6. The smallest absolute Gasteiger partial charge is 0.407 e. The molecule has 0 radical (unpaired) electrons. The molecule has 0 aromatic carbocycles. The minimum atomic E-state index is -0.546. The molecule has 0 spiro atoms. The highest BCUT2D eigenvalue weighted by Gasteiger charge is 2.29. The summed E-state index contributed by atoms with van der Waals surface area (Å²) in [5, 5.41) is 5.49. The molecule has 29 heavy (non-hydrogen) atoms. The molecule has 2 unspecified atom stereocenters. The Balaban J connectivity index is 1.68. The molecule has 9 nitrogen and oxygen atoms in total. The van der Waals surface area contributed by atoms with Crippen LogP contribution in [0.2, 0.25) is 0 Å². The molecule has 0 saturated carbocycles. The van der Waals surface area contributed by atoms with Crippen LogP contribution >= 0.6 is 0 Å². The second-order valence-corrected chi connectivity index (χ2v) is 8.82. The number of likely N-dealkylation sites (tertiary alicyclic amines) is 1. The van der Waals surface area contributed by atoms with Gasteiger partial charge >= 0.3 is 6.09 Å². The number of hydrogen-bond acceptors (Lipinski definition) is 6. The van der Waals surface area contributed by atoms with Crippen molar-refractivity contribution in [2.75, 3.05) is 52.4 Å². The third-order valence-electron chi connectivity index (χ3n) is 4.92. The molecule has 2 heterocycles. The van der Waals surface area contributed by atoms with E-state index in [9.17, 15) is 14.4 Å². The minimum Gasteiger partial charge on any atom is -0.444 e. The molecule has 3 amide bonds. The van der Waals surface area contributed by atoms with Crippen molar-refractivity contribution in [1.82, 2.24) is 20.4 Å². The van der Waals surface area contributed by atoms with E-state index in [-0.39, 0.29) is 23.8 Å². The van der Waals surface area contributed by atoms with Crippen molar-refractivity contribution in [3.63, 3.8) is 0 Å². The van der Waals surface area contributed by atoms with Crippen molar-refractivity contribution in [2.45, 2.75) is 52.2 Å². The predicted molar refractivity (Wildman–Crippen MR) is 108 cm³/mol. The molecule has 166 valence electrons. The summed E-state index contributed by atoms with van der Waals surface area (Å²) in [5.74, 6) is -0.0717. The summed E-state index contributed by atoms with van der Waals surface area (Å²) in [6.45, 7) is 11.6. The van der Waals surface area contributed by atoms with Gasteiger partial charge in [-0.05, 0) is 47.1 Å². The normalized spacial score (nSPS) is 23.4. The van der Waals surface area contributed by atoms with E-state index in [2.05, 4.69) is 15.5 Å². The van der Waals surface area contributed by atoms with Gasteiger partial charge in [-0.25, -0.2) is 4.79 Å². The maximum Gasteiger partial charge on any atom is 0.407 e. The van der Waals surface area contributed by atoms with Crippen LogP contribution in [-0.4, -0.2) is 91.8 Å².